The highest BCUT2D eigenvalue weighted by Crippen LogP contribution is 2.37. The average molecular weight is 376 g/mol. The summed E-state index contributed by atoms with van der Waals surface area (Å²) in [7, 11) is -3.58. The van der Waals surface area contributed by atoms with Crippen molar-refractivity contribution in [2.45, 2.75) is 61.6 Å². The van der Waals surface area contributed by atoms with Crippen LogP contribution in [-0.4, -0.2) is 38.1 Å². The van der Waals surface area contributed by atoms with Crippen molar-refractivity contribution in [3.63, 3.8) is 0 Å². The van der Waals surface area contributed by atoms with Crippen LogP contribution in [0.5, 0.6) is 0 Å². The summed E-state index contributed by atoms with van der Waals surface area (Å²) >= 11 is 0. The van der Waals surface area contributed by atoms with E-state index in [9.17, 15) is 18.0 Å². The molecule has 3 aliphatic rings. The number of amides is 2. The van der Waals surface area contributed by atoms with E-state index < -0.39 is 15.1 Å². The van der Waals surface area contributed by atoms with Crippen LogP contribution in [0.3, 0.4) is 0 Å². The van der Waals surface area contributed by atoms with Gasteiger partial charge in [0.25, 0.3) is 0 Å². The molecule has 1 aliphatic heterocycles. The second-order valence-electron chi connectivity index (χ2n) is 7.71. The number of hydrogen-bond donors (Lipinski definition) is 1. The third kappa shape index (κ3) is 3.37. The molecule has 0 bridgehead atoms. The van der Waals surface area contributed by atoms with Gasteiger partial charge in [-0.1, -0.05) is 0 Å². The predicted octanol–water partition coefficient (Wildman–Crippen LogP) is 1.82. The maximum atomic E-state index is 12.8. The zero-order valence-corrected chi connectivity index (χ0v) is 15.7. The number of fused-ring (bicyclic) bond motifs is 1. The van der Waals surface area contributed by atoms with Crippen molar-refractivity contribution in [1.82, 2.24) is 5.32 Å². The minimum Gasteiger partial charge on any atom is -0.353 e. The van der Waals surface area contributed by atoms with Crippen molar-refractivity contribution in [3.05, 3.63) is 23.8 Å². The Morgan fingerprint density at radius 2 is 1.96 bits per heavy atom. The maximum absolute atomic E-state index is 12.8. The first-order valence-corrected chi connectivity index (χ1v) is 10.9. The summed E-state index contributed by atoms with van der Waals surface area (Å²) in [5.74, 6) is 0.102. The summed E-state index contributed by atoms with van der Waals surface area (Å²) in [4.78, 5) is 26.3. The van der Waals surface area contributed by atoms with Crippen LogP contribution in [0.15, 0.2) is 23.1 Å². The van der Waals surface area contributed by atoms with Gasteiger partial charge in [-0.3, -0.25) is 9.59 Å². The van der Waals surface area contributed by atoms with Crippen LogP contribution in [-0.2, 0) is 25.8 Å². The number of sulfone groups is 1. The maximum Gasteiger partial charge on any atom is 0.230 e. The van der Waals surface area contributed by atoms with Crippen molar-refractivity contribution >= 4 is 27.3 Å². The van der Waals surface area contributed by atoms with Crippen LogP contribution in [0.4, 0.5) is 5.69 Å². The van der Waals surface area contributed by atoms with E-state index >= 15 is 0 Å². The first-order valence-electron chi connectivity index (χ1n) is 9.34. The molecule has 1 atom stereocenters. The zero-order chi connectivity index (χ0) is 18.5. The van der Waals surface area contributed by atoms with E-state index in [1.807, 2.05) is 0 Å². The molecule has 6 nitrogen and oxygen atoms in total. The fraction of sp³-hybridized carbons (Fsp3) is 0.579. The highest BCUT2D eigenvalue weighted by Gasteiger charge is 2.37. The molecule has 7 heteroatoms. The summed E-state index contributed by atoms with van der Waals surface area (Å²) in [6, 6.07) is 5.22. The number of hydrogen-bond acceptors (Lipinski definition) is 4. The molecule has 1 aromatic rings. The number of rotatable bonds is 6. The lowest BCUT2D eigenvalue weighted by molar-refractivity contribution is -0.121. The fourth-order valence-corrected chi connectivity index (χ4v) is 4.85. The second-order valence-corrected chi connectivity index (χ2v) is 10.1. The van der Waals surface area contributed by atoms with E-state index in [1.165, 1.54) is 0 Å². The monoisotopic (exact) mass is 376 g/mol. The lowest BCUT2D eigenvalue weighted by Crippen LogP contribution is -2.31. The van der Waals surface area contributed by atoms with E-state index in [2.05, 4.69) is 5.32 Å². The first kappa shape index (κ1) is 17.5. The molecule has 1 N–H and O–H groups in total. The van der Waals surface area contributed by atoms with Gasteiger partial charge in [-0.15, -0.1) is 0 Å². The fourth-order valence-electron chi connectivity index (χ4n) is 3.45. The minimum atomic E-state index is -3.58. The molecule has 140 valence electrons. The number of nitrogens with one attached hydrogen (secondary N) is 1. The Labute approximate surface area is 153 Å². The molecule has 2 fully saturated rings. The first-order chi connectivity index (χ1) is 12.4. The third-order valence-corrected chi connectivity index (χ3v) is 7.55. The normalized spacial score (nSPS) is 20.6. The number of carbonyl (C=O) groups excluding carboxylic acids is 2. The van der Waals surface area contributed by atoms with Gasteiger partial charge in [-0.2, -0.15) is 0 Å². The molecule has 2 saturated carbocycles. The SMILES string of the molecule is C[C@@H](CC(=O)NC1CC1)S(=O)(=O)c1ccc2c(c1)CCN2C(=O)C1CC1. The number of carbonyl (C=O) groups is 2. The number of nitrogens with zero attached hydrogens (tertiary/aromatic N) is 1. The van der Waals surface area contributed by atoms with Crippen molar-refractivity contribution < 1.29 is 18.0 Å². The number of benzene rings is 1. The summed E-state index contributed by atoms with van der Waals surface area (Å²) in [5, 5.41) is 2.06. The molecule has 0 spiro atoms. The van der Waals surface area contributed by atoms with Crippen LogP contribution in [0.25, 0.3) is 0 Å². The van der Waals surface area contributed by atoms with Crippen molar-refractivity contribution in [2.75, 3.05) is 11.4 Å². The molecule has 4 rings (SSSR count). The third-order valence-electron chi connectivity index (χ3n) is 5.41. The molecule has 2 aliphatic carbocycles. The van der Waals surface area contributed by atoms with E-state index in [0.29, 0.717) is 13.0 Å². The van der Waals surface area contributed by atoms with Gasteiger partial charge in [-0.05, 0) is 62.8 Å². The lowest BCUT2D eigenvalue weighted by Gasteiger charge is -2.18. The smallest absolute Gasteiger partial charge is 0.230 e. The Morgan fingerprint density at radius 3 is 2.62 bits per heavy atom. The molecule has 1 aromatic carbocycles. The molecular weight excluding hydrogens is 352 g/mol. The summed E-state index contributed by atoms with van der Waals surface area (Å²) in [5.41, 5.74) is 1.73. The zero-order valence-electron chi connectivity index (χ0n) is 14.9. The second kappa shape index (κ2) is 6.37. The Morgan fingerprint density at radius 1 is 1.23 bits per heavy atom. The topological polar surface area (TPSA) is 83.6 Å². The molecule has 2 amide bonds. The van der Waals surface area contributed by atoms with Gasteiger partial charge >= 0.3 is 0 Å². The van der Waals surface area contributed by atoms with Crippen molar-refractivity contribution in [3.8, 4) is 0 Å². The summed E-state index contributed by atoms with van der Waals surface area (Å²) in [6.07, 6.45) is 4.52. The number of anilines is 1. The Balaban J connectivity index is 1.50. The van der Waals surface area contributed by atoms with E-state index in [1.54, 1.807) is 30.0 Å². The Bertz CT molecular complexity index is 856. The van der Waals surface area contributed by atoms with Gasteiger partial charge < -0.3 is 10.2 Å². The van der Waals surface area contributed by atoms with Crippen molar-refractivity contribution in [2.24, 2.45) is 5.92 Å². The standard InChI is InChI=1S/C19H24N2O4S/c1-12(10-18(22)20-15-4-5-15)26(24,25)16-6-7-17-14(11-16)8-9-21(17)19(23)13-2-3-13/h6-7,11-13,15H,2-5,8-10H2,1H3,(H,20,22)/t12-/m0/s1. The van der Waals surface area contributed by atoms with Gasteiger partial charge in [0.1, 0.15) is 0 Å². The van der Waals surface area contributed by atoms with Crippen LogP contribution >= 0.6 is 0 Å². The molecule has 0 aromatic heterocycles. The van der Waals surface area contributed by atoms with Gasteiger partial charge in [0.2, 0.25) is 11.8 Å². The molecule has 0 saturated heterocycles. The van der Waals surface area contributed by atoms with Crippen LogP contribution in [0.1, 0.15) is 44.6 Å². The Kier molecular flexibility index (Phi) is 4.29. The molecular formula is C19H24N2O4S. The largest absolute Gasteiger partial charge is 0.353 e. The van der Waals surface area contributed by atoms with Crippen LogP contribution in [0.2, 0.25) is 0 Å². The van der Waals surface area contributed by atoms with E-state index in [4.69, 9.17) is 0 Å². The van der Waals surface area contributed by atoms with Gasteiger partial charge in [-0.25, -0.2) is 8.42 Å². The minimum absolute atomic E-state index is 0.0256. The van der Waals surface area contributed by atoms with Crippen molar-refractivity contribution in [1.29, 1.82) is 0 Å². The Hall–Kier alpha value is -1.89. The summed E-state index contributed by atoms with van der Waals surface area (Å²) < 4.78 is 25.7. The van der Waals surface area contributed by atoms with Crippen LogP contribution in [0, 0.1) is 5.92 Å². The molecule has 0 unspecified atom stereocenters. The highest BCUT2D eigenvalue weighted by molar-refractivity contribution is 7.92. The molecule has 0 radical (unpaired) electrons. The lowest BCUT2D eigenvalue weighted by atomic mass is 10.2. The van der Waals surface area contributed by atoms with Gasteiger partial charge in [0, 0.05) is 30.6 Å². The predicted molar refractivity (Wildman–Crippen MR) is 97.7 cm³/mol. The summed E-state index contributed by atoms with van der Waals surface area (Å²) in [6.45, 7) is 2.20. The van der Waals surface area contributed by atoms with Gasteiger partial charge in [0.05, 0.1) is 10.1 Å². The average Bonchev–Trinajstić information content (AvgIpc) is 3.52. The van der Waals surface area contributed by atoms with Crippen LogP contribution < -0.4 is 10.2 Å². The highest BCUT2D eigenvalue weighted by atomic mass is 32.2. The van der Waals surface area contributed by atoms with E-state index in [0.717, 1.165) is 36.9 Å². The molecule has 1 heterocycles. The quantitative estimate of drug-likeness (QED) is 0.821. The van der Waals surface area contributed by atoms with E-state index in [-0.39, 0.29) is 35.1 Å². The molecule has 26 heavy (non-hydrogen) atoms. The van der Waals surface area contributed by atoms with Gasteiger partial charge in [0.15, 0.2) is 9.84 Å².